The van der Waals surface area contributed by atoms with Crippen LogP contribution in [0.4, 0.5) is 0 Å². The molecule has 10 heteroatoms. The minimum absolute atomic E-state index is 0.0731. The Morgan fingerprint density at radius 1 is 1.18 bits per heavy atom. The van der Waals surface area contributed by atoms with Crippen molar-refractivity contribution >= 4 is 35.0 Å². The number of ether oxygens (including phenoxy) is 2. The summed E-state index contributed by atoms with van der Waals surface area (Å²) >= 11 is 13.2. The zero-order chi connectivity index (χ0) is 20.1. The lowest BCUT2D eigenvalue weighted by Gasteiger charge is -2.13. The first-order chi connectivity index (χ1) is 13.5. The van der Waals surface area contributed by atoms with Gasteiger partial charge in [0.15, 0.2) is 0 Å². The molecule has 1 atom stereocenters. The highest BCUT2D eigenvalue weighted by Gasteiger charge is 2.16. The molecule has 1 heterocycles. The number of tetrazole rings is 1. The van der Waals surface area contributed by atoms with E-state index in [1.165, 1.54) is 11.8 Å². The lowest BCUT2D eigenvalue weighted by Crippen LogP contribution is -2.20. The first-order valence-corrected chi connectivity index (χ1v) is 10.0. The molecule has 148 valence electrons. The molecule has 0 spiro atoms. The Balaban J connectivity index is 1.63. The van der Waals surface area contributed by atoms with Gasteiger partial charge in [0, 0.05) is 10.8 Å². The Morgan fingerprint density at radius 3 is 2.71 bits per heavy atom. The monoisotopic (exact) mass is 440 g/mol. The number of hydrogen-bond donors (Lipinski definition) is 1. The zero-order valence-electron chi connectivity index (χ0n) is 15.2. The van der Waals surface area contributed by atoms with E-state index in [9.17, 15) is 5.11 Å². The minimum atomic E-state index is -0.749. The lowest BCUT2D eigenvalue weighted by molar-refractivity contribution is 0.126. The molecule has 0 amide bonds. The van der Waals surface area contributed by atoms with Crippen LogP contribution in [0.25, 0.3) is 5.69 Å². The van der Waals surface area contributed by atoms with Gasteiger partial charge in [-0.2, -0.15) is 4.68 Å². The number of rotatable bonds is 8. The quantitative estimate of drug-likeness (QED) is 0.533. The van der Waals surface area contributed by atoms with Gasteiger partial charge in [0.1, 0.15) is 23.8 Å². The largest absolute Gasteiger partial charge is 0.494 e. The summed E-state index contributed by atoms with van der Waals surface area (Å²) in [5.74, 6) is 1.45. The van der Waals surface area contributed by atoms with Crippen molar-refractivity contribution in [1.82, 2.24) is 20.2 Å². The maximum absolute atomic E-state index is 10.2. The van der Waals surface area contributed by atoms with Crippen molar-refractivity contribution in [3.05, 3.63) is 52.0 Å². The third-order valence-corrected chi connectivity index (χ3v) is 5.33. The molecule has 0 saturated carbocycles. The summed E-state index contributed by atoms with van der Waals surface area (Å²) in [5, 5.41) is 23.5. The standard InChI is InChI=1S/C18H18Cl2N4O3S/c1-11-3-5-17(26-2)15(7-11)24-18(21-22-23-24)28-10-13(25)9-27-16-6-4-12(19)8-14(16)20/h3-8,13,25H,9-10H2,1-2H3. The van der Waals surface area contributed by atoms with E-state index >= 15 is 0 Å². The van der Waals surface area contributed by atoms with Gasteiger partial charge in [0.25, 0.3) is 0 Å². The van der Waals surface area contributed by atoms with Crippen molar-refractivity contribution < 1.29 is 14.6 Å². The number of aromatic nitrogens is 4. The summed E-state index contributed by atoms with van der Waals surface area (Å²) < 4.78 is 12.5. The van der Waals surface area contributed by atoms with Crippen LogP contribution in [-0.4, -0.2) is 50.9 Å². The Kier molecular flexibility index (Phi) is 7.01. The first-order valence-electron chi connectivity index (χ1n) is 8.30. The highest BCUT2D eigenvalue weighted by molar-refractivity contribution is 7.99. The fraction of sp³-hybridized carbons (Fsp3) is 0.278. The highest BCUT2D eigenvalue weighted by Crippen LogP contribution is 2.29. The number of benzene rings is 2. The van der Waals surface area contributed by atoms with E-state index in [0.29, 0.717) is 32.5 Å². The number of methoxy groups -OCH3 is 1. The van der Waals surface area contributed by atoms with Crippen LogP contribution >= 0.6 is 35.0 Å². The molecule has 3 rings (SSSR count). The van der Waals surface area contributed by atoms with Gasteiger partial charge >= 0.3 is 0 Å². The van der Waals surface area contributed by atoms with Crippen molar-refractivity contribution in [2.45, 2.75) is 18.2 Å². The Hall–Kier alpha value is -2.00. The number of thioether (sulfide) groups is 1. The van der Waals surface area contributed by atoms with E-state index in [1.807, 2.05) is 25.1 Å². The van der Waals surface area contributed by atoms with Crippen molar-refractivity contribution in [2.75, 3.05) is 19.5 Å². The zero-order valence-corrected chi connectivity index (χ0v) is 17.5. The first kappa shape index (κ1) is 20.7. The molecule has 0 aliphatic carbocycles. The third-order valence-electron chi connectivity index (χ3n) is 3.73. The molecule has 0 radical (unpaired) electrons. The molecule has 1 aromatic heterocycles. The third kappa shape index (κ3) is 5.08. The molecule has 3 aromatic rings. The SMILES string of the molecule is COc1ccc(C)cc1-n1nnnc1SCC(O)COc1ccc(Cl)cc1Cl. The van der Waals surface area contributed by atoms with Gasteiger partial charge in [-0.1, -0.05) is 41.0 Å². The maximum Gasteiger partial charge on any atom is 0.214 e. The van der Waals surface area contributed by atoms with Crippen LogP contribution < -0.4 is 9.47 Å². The van der Waals surface area contributed by atoms with E-state index in [-0.39, 0.29) is 6.61 Å². The van der Waals surface area contributed by atoms with Crippen LogP contribution in [-0.2, 0) is 0 Å². The molecular weight excluding hydrogens is 423 g/mol. The molecule has 2 aromatic carbocycles. The van der Waals surface area contributed by atoms with E-state index in [2.05, 4.69) is 15.5 Å². The van der Waals surface area contributed by atoms with Gasteiger partial charge in [-0.15, -0.1) is 5.10 Å². The van der Waals surface area contributed by atoms with Crippen molar-refractivity contribution in [2.24, 2.45) is 0 Å². The Bertz CT molecular complexity index is 954. The summed E-state index contributed by atoms with van der Waals surface area (Å²) in [6.07, 6.45) is -0.749. The molecular formula is C18H18Cl2N4O3S. The van der Waals surface area contributed by atoms with E-state index in [1.54, 1.807) is 30.0 Å². The average Bonchev–Trinajstić information content (AvgIpc) is 3.14. The summed E-state index contributed by atoms with van der Waals surface area (Å²) in [4.78, 5) is 0. The number of aliphatic hydroxyl groups excluding tert-OH is 1. The van der Waals surface area contributed by atoms with Crippen LogP contribution in [0.1, 0.15) is 5.56 Å². The second-order valence-corrected chi connectivity index (χ2v) is 7.73. The predicted octanol–water partition coefficient (Wildman–Crippen LogP) is 3.82. The molecule has 0 saturated heterocycles. The summed E-state index contributed by atoms with van der Waals surface area (Å²) in [7, 11) is 1.59. The minimum Gasteiger partial charge on any atom is -0.494 e. The molecule has 1 unspecified atom stereocenters. The highest BCUT2D eigenvalue weighted by atomic mass is 35.5. The van der Waals surface area contributed by atoms with Gasteiger partial charge in [0.2, 0.25) is 5.16 Å². The number of halogens is 2. The Morgan fingerprint density at radius 2 is 1.96 bits per heavy atom. The van der Waals surface area contributed by atoms with Crippen molar-refractivity contribution in [1.29, 1.82) is 0 Å². The van der Waals surface area contributed by atoms with E-state index in [4.69, 9.17) is 32.7 Å². The topological polar surface area (TPSA) is 82.3 Å². The summed E-state index contributed by atoms with van der Waals surface area (Å²) in [6, 6.07) is 10.7. The normalized spacial score (nSPS) is 12.0. The molecule has 28 heavy (non-hydrogen) atoms. The maximum atomic E-state index is 10.2. The van der Waals surface area contributed by atoms with Gasteiger partial charge < -0.3 is 14.6 Å². The average molecular weight is 441 g/mol. The molecule has 7 nitrogen and oxygen atoms in total. The fourth-order valence-electron chi connectivity index (χ4n) is 2.38. The van der Waals surface area contributed by atoms with E-state index < -0.39 is 6.10 Å². The number of hydrogen-bond acceptors (Lipinski definition) is 7. The van der Waals surface area contributed by atoms with Gasteiger partial charge in [-0.05, 0) is 53.2 Å². The van der Waals surface area contributed by atoms with Crippen molar-refractivity contribution in [3.8, 4) is 17.2 Å². The van der Waals surface area contributed by atoms with E-state index in [0.717, 1.165) is 11.3 Å². The number of aryl methyl sites for hydroxylation is 1. The summed E-state index contributed by atoms with van der Waals surface area (Å²) in [6.45, 7) is 2.05. The smallest absolute Gasteiger partial charge is 0.214 e. The Labute approximate surface area is 176 Å². The molecule has 0 bridgehead atoms. The van der Waals surface area contributed by atoms with Crippen LogP contribution in [0.15, 0.2) is 41.6 Å². The number of nitrogens with zero attached hydrogens (tertiary/aromatic N) is 4. The van der Waals surface area contributed by atoms with Gasteiger partial charge in [-0.3, -0.25) is 0 Å². The predicted molar refractivity (Wildman–Crippen MR) is 109 cm³/mol. The van der Waals surface area contributed by atoms with Crippen LogP contribution in [0.5, 0.6) is 11.5 Å². The van der Waals surface area contributed by atoms with Gasteiger partial charge in [-0.25, -0.2) is 0 Å². The van der Waals surface area contributed by atoms with Crippen LogP contribution in [0, 0.1) is 6.92 Å². The van der Waals surface area contributed by atoms with Crippen molar-refractivity contribution in [3.63, 3.8) is 0 Å². The molecule has 1 N–H and O–H groups in total. The van der Waals surface area contributed by atoms with Crippen LogP contribution in [0.3, 0.4) is 0 Å². The number of aliphatic hydroxyl groups is 1. The second-order valence-electron chi connectivity index (χ2n) is 5.90. The molecule has 0 aliphatic heterocycles. The summed E-state index contributed by atoms with van der Waals surface area (Å²) in [5.41, 5.74) is 1.78. The van der Waals surface area contributed by atoms with Gasteiger partial charge in [0.05, 0.1) is 18.2 Å². The molecule has 0 aliphatic rings. The second kappa shape index (κ2) is 9.47. The fourth-order valence-corrected chi connectivity index (χ4v) is 3.63. The lowest BCUT2D eigenvalue weighted by atomic mass is 10.2. The van der Waals surface area contributed by atoms with Crippen LogP contribution in [0.2, 0.25) is 10.0 Å². The molecule has 0 fully saturated rings.